The molecule has 40 heavy (non-hydrogen) atoms. The molecule has 0 fully saturated rings. The third kappa shape index (κ3) is 7.47. The van der Waals surface area contributed by atoms with Crippen LogP contribution >= 0.6 is 23.2 Å². The molecule has 0 aliphatic carbocycles. The number of carbonyl (C=O) groups excluding carboxylic acids is 2. The van der Waals surface area contributed by atoms with Crippen molar-refractivity contribution in [2.75, 3.05) is 24.0 Å². The minimum Gasteiger partial charge on any atom is -0.494 e. The zero-order valence-corrected chi connectivity index (χ0v) is 25.0. The molecule has 3 rings (SSSR count). The van der Waals surface area contributed by atoms with Gasteiger partial charge in [0.15, 0.2) is 0 Å². The van der Waals surface area contributed by atoms with Gasteiger partial charge in [0.05, 0.1) is 17.2 Å². The van der Waals surface area contributed by atoms with Crippen molar-refractivity contribution in [3.63, 3.8) is 0 Å². The van der Waals surface area contributed by atoms with Gasteiger partial charge >= 0.3 is 0 Å². The number of hydrogen-bond donors (Lipinski definition) is 1. The number of halogens is 2. The van der Waals surface area contributed by atoms with Gasteiger partial charge in [-0.2, -0.15) is 0 Å². The summed E-state index contributed by atoms with van der Waals surface area (Å²) in [5, 5.41) is 3.42. The van der Waals surface area contributed by atoms with E-state index in [0.717, 1.165) is 4.31 Å². The molecule has 1 atom stereocenters. The minimum absolute atomic E-state index is 0.0101. The highest BCUT2D eigenvalue weighted by Gasteiger charge is 2.34. The molecule has 1 N–H and O–H groups in total. The van der Waals surface area contributed by atoms with E-state index in [1.54, 1.807) is 74.5 Å². The average Bonchev–Trinajstić information content (AvgIpc) is 2.94. The fourth-order valence-corrected chi connectivity index (χ4v) is 6.12. The summed E-state index contributed by atoms with van der Waals surface area (Å²) >= 11 is 12.8. The van der Waals surface area contributed by atoms with Crippen LogP contribution in [0.15, 0.2) is 77.7 Å². The van der Waals surface area contributed by atoms with Gasteiger partial charge in [0.25, 0.3) is 10.0 Å². The van der Waals surface area contributed by atoms with Gasteiger partial charge in [0.2, 0.25) is 11.8 Å². The SMILES string of the molecule is CCNC(=O)[C@@H](CC)N(Cc1c(Cl)cccc1Cl)C(=O)CN(c1ccccc1)S(=O)(=O)c1ccc(OCC)cc1. The highest BCUT2D eigenvalue weighted by atomic mass is 35.5. The van der Waals surface area contributed by atoms with Crippen molar-refractivity contribution in [3.8, 4) is 5.75 Å². The first-order valence-electron chi connectivity index (χ1n) is 12.9. The number of likely N-dealkylation sites (N-methyl/N-ethyl adjacent to an activating group) is 1. The predicted molar refractivity (Wildman–Crippen MR) is 158 cm³/mol. The zero-order valence-electron chi connectivity index (χ0n) is 22.6. The van der Waals surface area contributed by atoms with Crippen molar-refractivity contribution in [3.05, 3.63) is 88.4 Å². The van der Waals surface area contributed by atoms with Gasteiger partial charge in [-0.15, -0.1) is 0 Å². The Morgan fingerprint density at radius 2 is 1.52 bits per heavy atom. The molecule has 0 saturated carbocycles. The van der Waals surface area contributed by atoms with Crippen molar-refractivity contribution < 1.29 is 22.7 Å². The fourth-order valence-electron chi connectivity index (χ4n) is 4.19. The van der Waals surface area contributed by atoms with Crippen molar-refractivity contribution in [1.82, 2.24) is 10.2 Å². The second-order valence-corrected chi connectivity index (χ2v) is 11.5. The first kappa shape index (κ1) is 31.3. The molecular formula is C29H33Cl2N3O5S. The van der Waals surface area contributed by atoms with Gasteiger partial charge in [0, 0.05) is 28.7 Å². The first-order chi connectivity index (χ1) is 19.1. The van der Waals surface area contributed by atoms with E-state index in [0.29, 0.717) is 40.2 Å². The standard InChI is InChI=1S/C29H33Cl2N3O5S/c1-4-27(29(36)32-5-2)33(19-24-25(30)13-10-14-26(24)31)28(35)20-34(21-11-8-7-9-12-21)40(37,38)23-17-15-22(16-18-23)39-6-3/h7-18,27H,4-6,19-20H2,1-3H3,(H,32,36)/t27-/m1/s1. The normalized spacial score (nSPS) is 11.9. The van der Waals surface area contributed by atoms with Gasteiger partial charge < -0.3 is 15.0 Å². The van der Waals surface area contributed by atoms with E-state index >= 15 is 0 Å². The van der Waals surface area contributed by atoms with Gasteiger partial charge in [-0.1, -0.05) is 54.4 Å². The summed E-state index contributed by atoms with van der Waals surface area (Å²) in [5.41, 5.74) is 0.758. The van der Waals surface area contributed by atoms with Crippen molar-refractivity contribution in [2.24, 2.45) is 0 Å². The minimum atomic E-state index is -4.19. The van der Waals surface area contributed by atoms with Crippen LogP contribution in [0.4, 0.5) is 5.69 Å². The van der Waals surface area contributed by atoms with Gasteiger partial charge in [0.1, 0.15) is 18.3 Å². The van der Waals surface area contributed by atoms with Gasteiger partial charge in [-0.05, 0) is 68.8 Å². The Balaban J connectivity index is 2.06. The van der Waals surface area contributed by atoms with Crippen molar-refractivity contribution in [1.29, 1.82) is 0 Å². The maximum Gasteiger partial charge on any atom is 0.264 e. The van der Waals surface area contributed by atoms with Crippen LogP contribution in [-0.2, 0) is 26.2 Å². The Labute approximate surface area is 245 Å². The molecule has 214 valence electrons. The molecule has 11 heteroatoms. The smallest absolute Gasteiger partial charge is 0.264 e. The molecule has 0 saturated heterocycles. The molecule has 3 aromatic rings. The molecule has 0 aromatic heterocycles. The van der Waals surface area contributed by atoms with Gasteiger partial charge in [-0.25, -0.2) is 8.42 Å². The molecule has 0 aliphatic heterocycles. The fraction of sp³-hybridized carbons (Fsp3) is 0.310. The van der Waals surface area contributed by atoms with Gasteiger partial charge in [-0.3, -0.25) is 13.9 Å². The van der Waals surface area contributed by atoms with E-state index in [1.165, 1.54) is 17.0 Å². The molecule has 0 heterocycles. The number of anilines is 1. The lowest BCUT2D eigenvalue weighted by molar-refractivity contribution is -0.140. The summed E-state index contributed by atoms with van der Waals surface area (Å²) in [6.07, 6.45) is 0.288. The summed E-state index contributed by atoms with van der Waals surface area (Å²) in [6.45, 7) is 5.55. The number of benzene rings is 3. The molecule has 0 bridgehead atoms. The van der Waals surface area contributed by atoms with Crippen LogP contribution in [0.25, 0.3) is 0 Å². The third-order valence-electron chi connectivity index (χ3n) is 6.17. The van der Waals surface area contributed by atoms with E-state index in [4.69, 9.17) is 27.9 Å². The van der Waals surface area contributed by atoms with Crippen LogP contribution in [0.2, 0.25) is 10.0 Å². The molecule has 8 nitrogen and oxygen atoms in total. The first-order valence-corrected chi connectivity index (χ1v) is 15.1. The van der Waals surface area contributed by atoms with Crippen LogP contribution in [0.3, 0.4) is 0 Å². The molecule has 0 spiro atoms. The summed E-state index contributed by atoms with van der Waals surface area (Å²) in [5.74, 6) is -0.422. The number of carbonyl (C=O) groups is 2. The lowest BCUT2D eigenvalue weighted by Gasteiger charge is -2.33. The average molecular weight is 607 g/mol. The summed E-state index contributed by atoms with van der Waals surface area (Å²) in [6, 6.07) is 18.4. The number of hydrogen-bond acceptors (Lipinski definition) is 5. The Bertz CT molecular complexity index is 1380. The predicted octanol–water partition coefficient (Wildman–Crippen LogP) is 5.53. The Kier molecular flexibility index (Phi) is 11.2. The maximum absolute atomic E-state index is 14.0. The van der Waals surface area contributed by atoms with E-state index in [-0.39, 0.29) is 23.8 Å². The molecule has 0 radical (unpaired) electrons. The highest BCUT2D eigenvalue weighted by molar-refractivity contribution is 7.92. The third-order valence-corrected chi connectivity index (χ3v) is 8.67. The second-order valence-electron chi connectivity index (χ2n) is 8.79. The second kappa shape index (κ2) is 14.4. The molecule has 0 aliphatic rings. The van der Waals surface area contributed by atoms with Crippen LogP contribution in [0.1, 0.15) is 32.8 Å². The summed E-state index contributed by atoms with van der Waals surface area (Å²) in [4.78, 5) is 28.4. The number of nitrogens with one attached hydrogen (secondary N) is 1. The van der Waals surface area contributed by atoms with E-state index in [1.807, 2.05) is 6.92 Å². The zero-order chi connectivity index (χ0) is 29.3. The lowest BCUT2D eigenvalue weighted by atomic mass is 10.1. The maximum atomic E-state index is 14.0. The summed E-state index contributed by atoms with van der Waals surface area (Å²) < 4.78 is 34.3. The monoisotopic (exact) mass is 605 g/mol. The molecule has 0 unspecified atom stereocenters. The number of para-hydroxylation sites is 1. The highest BCUT2D eigenvalue weighted by Crippen LogP contribution is 2.29. The number of ether oxygens (including phenoxy) is 1. The summed E-state index contributed by atoms with van der Waals surface area (Å²) in [7, 11) is -4.19. The number of amides is 2. The van der Waals surface area contributed by atoms with Crippen molar-refractivity contribution >= 4 is 50.7 Å². The van der Waals surface area contributed by atoms with E-state index < -0.39 is 28.5 Å². The quantitative estimate of drug-likeness (QED) is 0.276. The molecular weight excluding hydrogens is 573 g/mol. The van der Waals surface area contributed by atoms with Crippen LogP contribution in [0.5, 0.6) is 5.75 Å². The Morgan fingerprint density at radius 1 is 0.900 bits per heavy atom. The number of sulfonamides is 1. The van der Waals surface area contributed by atoms with Crippen LogP contribution in [0, 0.1) is 0 Å². The molecule has 2 amide bonds. The number of nitrogens with zero attached hydrogens (tertiary/aromatic N) is 2. The number of rotatable bonds is 13. The van der Waals surface area contributed by atoms with Crippen molar-refractivity contribution in [2.45, 2.75) is 44.7 Å². The lowest BCUT2D eigenvalue weighted by Crippen LogP contribution is -2.52. The van der Waals surface area contributed by atoms with E-state index in [2.05, 4.69) is 5.32 Å². The Hall–Kier alpha value is -3.27. The largest absolute Gasteiger partial charge is 0.494 e. The van der Waals surface area contributed by atoms with E-state index in [9.17, 15) is 18.0 Å². The van der Waals surface area contributed by atoms with Crippen LogP contribution < -0.4 is 14.4 Å². The molecule has 3 aromatic carbocycles. The topological polar surface area (TPSA) is 96.0 Å². The Morgan fingerprint density at radius 3 is 2.08 bits per heavy atom. The van der Waals surface area contributed by atoms with Crippen LogP contribution in [-0.4, -0.2) is 50.9 Å².